The smallest absolute Gasteiger partial charge is 0.0254 e. The van der Waals surface area contributed by atoms with Crippen LogP contribution in [0.25, 0.3) is 0 Å². The second kappa shape index (κ2) is 6.38. The maximum absolute atomic E-state index is 3.59. The number of nitrogens with one attached hydrogen (secondary N) is 1. The van der Waals surface area contributed by atoms with Crippen LogP contribution in [-0.4, -0.2) is 36.6 Å². The Balaban J connectivity index is 2.03. The average molecular weight is 252 g/mol. The highest BCUT2D eigenvalue weighted by atomic mass is 15.2. The van der Waals surface area contributed by atoms with Crippen molar-refractivity contribution >= 4 is 0 Å². The predicted octanol–water partition coefficient (Wildman–Crippen LogP) is 3.27. The summed E-state index contributed by atoms with van der Waals surface area (Å²) in [7, 11) is 2.16. The van der Waals surface area contributed by atoms with E-state index in [1.165, 1.54) is 45.1 Å². The van der Waals surface area contributed by atoms with Crippen molar-refractivity contribution in [2.24, 2.45) is 11.8 Å². The topological polar surface area (TPSA) is 15.3 Å². The van der Waals surface area contributed by atoms with E-state index in [9.17, 15) is 0 Å². The van der Waals surface area contributed by atoms with Crippen molar-refractivity contribution in [2.45, 2.75) is 77.4 Å². The van der Waals surface area contributed by atoms with E-state index in [-0.39, 0.29) is 0 Å². The summed E-state index contributed by atoms with van der Waals surface area (Å²) >= 11 is 0. The Morgan fingerprint density at radius 3 is 2.39 bits per heavy atom. The van der Waals surface area contributed by atoms with Gasteiger partial charge in [0.25, 0.3) is 0 Å². The van der Waals surface area contributed by atoms with Gasteiger partial charge in [-0.1, -0.05) is 20.8 Å². The van der Waals surface area contributed by atoms with Gasteiger partial charge in [0.05, 0.1) is 0 Å². The summed E-state index contributed by atoms with van der Waals surface area (Å²) in [5, 5.41) is 3.59. The Morgan fingerprint density at radius 1 is 1.17 bits per heavy atom. The second-order valence-corrected chi connectivity index (χ2v) is 6.75. The fraction of sp³-hybridized carbons (Fsp3) is 1.00. The van der Waals surface area contributed by atoms with Crippen molar-refractivity contribution in [3.63, 3.8) is 0 Å². The molecule has 0 spiro atoms. The first-order valence-electron chi connectivity index (χ1n) is 8.10. The zero-order valence-electron chi connectivity index (χ0n) is 12.8. The van der Waals surface area contributed by atoms with Crippen molar-refractivity contribution in [1.82, 2.24) is 10.2 Å². The highest BCUT2D eigenvalue weighted by Crippen LogP contribution is 2.37. The lowest BCUT2D eigenvalue weighted by molar-refractivity contribution is 0.0793. The fourth-order valence-corrected chi connectivity index (χ4v) is 3.77. The van der Waals surface area contributed by atoms with Crippen molar-refractivity contribution in [3.8, 4) is 0 Å². The summed E-state index contributed by atoms with van der Waals surface area (Å²) < 4.78 is 0. The third kappa shape index (κ3) is 3.27. The van der Waals surface area contributed by atoms with Gasteiger partial charge in [-0.2, -0.15) is 0 Å². The lowest BCUT2D eigenvalue weighted by atomic mass is 9.76. The first-order valence-corrected chi connectivity index (χ1v) is 8.10. The molecular weight excluding hydrogens is 220 g/mol. The molecule has 106 valence electrons. The first kappa shape index (κ1) is 14.3. The third-order valence-electron chi connectivity index (χ3n) is 5.09. The van der Waals surface area contributed by atoms with Gasteiger partial charge in [0.2, 0.25) is 0 Å². The number of likely N-dealkylation sites (N-methyl/N-ethyl adjacent to an activating group) is 1. The summed E-state index contributed by atoms with van der Waals surface area (Å²) in [6.45, 7) is 8.44. The Kier molecular flexibility index (Phi) is 5.08. The van der Waals surface area contributed by atoms with E-state index < -0.39 is 0 Å². The molecule has 0 heterocycles. The van der Waals surface area contributed by atoms with Crippen LogP contribution in [0.4, 0.5) is 0 Å². The predicted molar refractivity (Wildman–Crippen MR) is 78.8 cm³/mol. The molecule has 3 atom stereocenters. The van der Waals surface area contributed by atoms with E-state index in [2.05, 4.69) is 38.0 Å². The van der Waals surface area contributed by atoms with Crippen LogP contribution in [0.1, 0.15) is 59.3 Å². The maximum Gasteiger partial charge on any atom is 0.0254 e. The molecule has 2 nitrogen and oxygen atoms in total. The van der Waals surface area contributed by atoms with E-state index >= 15 is 0 Å². The van der Waals surface area contributed by atoms with Crippen LogP contribution in [0.15, 0.2) is 0 Å². The average Bonchev–Trinajstić information content (AvgIpc) is 3.19. The Bertz CT molecular complexity index is 247. The molecular formula is C16H32N2. The molecule has 0 radical (unpaired) electrons. The lowest BCUT2D eigenvalue weighted by Gasteiger charge is -2.44. The molecule has 0 saturated heterocycles. The minimum absolute atomic E-state index is 0.729. The van der Waals surface area contributed by atoms with E-state index in [1.54, 1.807) is 0 Å². The number of rotatable bonds is 6. The molecule has 2 heteroatoms. The molecule has 2 saturated carbocycles. The fourth-order valence-electron chi connectivity index (χ4n) is 3.77. The Labute approximate surface area is 114 Å². The van der Waals surface area contributed by atoms with Crippen LogP contribution in [0.5, 0.6) is 0 Å². The Morgan fingerprint density at radius 2 is 1.89 bits per heavy atom. The quantitative estimate of drug-likeness (QED) is 0.780. The van der Waals surface area contributed by atoms with E-state index in [4.69, 9.17) is 0 Å². The molecule has 2 rings (SSSR count). The minimum atomic E-state index is 0.729. The zero-order valence-corrected chi connectivity index (χ0v) is 12.8. The van der Waals surface area contributed by atoms with Crippen molar-refractivity contribution < 1.29 is 0 Å². The van der Waals surface area contributed by atoms with Crippen LogP contribution in [0.2, 0.25) is 0 Å². The van der Waals surface area contributed by atoms with Gasteiger partial charge in [0.1, 0.15) is 0 Å². The molecule has 1 N–H and O–H groups in total. The molecule has 2 fully saturated rings. The first-order chi connectivity index (χ1) is 8.67. The monoisotopic (exact) mass is 252 g/mol. The highest BCUT2D eigenvalue weighted by Gasteiger charge is 2.40. The number of hydrogen-bond donors (Lipinski definition) is 1. The molecule has 0 aromatic heterocycles. The normalized spacial score (nSPS) is 33.3. The van der Waals surface area contributed by atoms with Crippen LogP contribution >= 0.6 is 0 Å². The molecule has 0 aliphatic heterocycles. The zero-order chi connectivity index (χ0) is 13.1. The largest absolute Gasteiger partial charge is 0.315 e. The van der Waals surface area contributed by atoms with Crippen molar-refractivity contribution in [2.75, 3.05) is 13.6 Å². The molecule has 0 bridgehead atoms. The summed E-state index contributed by atoms with van der Waals surface area (Å²) in [6.07, 6.45) is 8.40. The van der Waals surface area contributed by atoms with E-state index in [0.29, 0.717) is 0 Å². The van der Waals surface area contributed by atoms with Gasteiger partial charge in [0.15, 0.2) is 0 Å². The van der Waals surface area contributed by atoms with E-state index in [1.807, 2.05) is 0 Å². The second-order valence-electron chi connectivity index (χ2n) is 6.75. The summed E-state index contributed by atoms with van der Waals surface area (Å²) in [4.78, 5) is 2.84. The van der Waals surface area contributed by atoms with Gasteiger partial charge >= 0.3 is 0 Å². The molecule has 3 unspecified atom stereocenters. The van der Waals surface area contributed by atoms with Crippen LogP contribution in [0.3, 0.4) is 0 Å². The molecule has 18 heavy (non-hydrogen) atoms. The molecule has 0 aromatic rings. The van der Waals surface area contributed by atoms with Gasteiger partial charge in [-0.05, 0) is 64.0 Å². The van der Waals surface area contributed by atoms with E-state index in [0.717, 1.165) is 30.0 Å². The van der Waals surface area contributed by atoms with Gasteiger partial charge in [-0.15, -0.1) is 0 Å². The standard InChI is InChI=1S/C16H32N2/c1-5-10-18(14-7-8-14)16-11-13(12(2)3)6-9-15(16)17-4/h12-17H,5-11H2,1-4H3. The Hall–Kier alpha value is -0.0800. The van der Waals surface area contributed by atoms with Gasteiger partial charge in [-0.25, -0.2) is 0 Å². The van der Waals surface area contributed by atoms with Crippen molar-refractivity contribution in [1.29, 1.82) is 0 Å². The third-order valence-corrected chi connectivity index (χ3v) is 5.09. The highest BCUT2D eigenvalue weighted by molar-refractivity contribution is 4.97. The van der Waals surface area contributed by atoms with Gasteiger partial charge < -0.3 is 5.32 Å². The van der Waals surface area contributed by atoms with Crippen LogP contribution in [0, 0.1) is 11.8 Å². The molecule has 2 aliphatic rings. The lowest BCUT2D eigenvalue weighted by Crippen LogP contribution is -2.53. The maximum atomic E-state index is 3.59. The summed E-state index contributed by atoms with van der Waals surface area (Å²) in [5.74, 6) is 1.80. The van der Waals surface area contributed by atoms with Crippen molar-refractivity contribution in [3.05, 3.63) is 0 Å². The number of nitrogens with zero attached hydrogens (tertiary/aromatic N) is 1. The molecule has 0 aromatic carbocycles. The SMILES string of the molecule is CCCN(C1CC1)C1CC(C(C)C)CCC1NC. The van der Waals surface area contributed by atoms with Crippen LogP contribution < -0.4 is 5.32 Å². The molecule has 0 amide bonds. The minimum Gasteiger partial charge on any atom is -0.315 e. The number of hydrogen-bond acceptors (Lipinski definition) is 2. The van der Waals surface area contributed by atoms with Crippen LogP contribution in [-0.2, 0) is 0 Å². The van der Waals surface area contributed by atoms with Gasteiger partial charge in [0, 0.05) is 18.1 Å². The summed E-state index contributed by atoms with van der Waals surface area (Å²) in [5.41, 5.74) is 0. The van der Waals surface area contributed by atoms with Gasteiger partial charge in [-0.3, -0.25) is 4.90 Å². The molecule has 2 aliphatic carbocycles. The summed E-state index contributed by atoms with van der Waals surface area (Å²) in [6, 6.07) is 2.44.